The van der Waals surface area contributed by atoms with Gasteiger partial charge in [0.2, 0.25) is 0 Å². The molecule has 0 aliphatic heterocycles. The molecule has 0 saturated heterocycles. The van der Waals surface area contributed by atoms with Crippen molar-refractivity contribution in [2.75, 3.05) is 13.1 Å². The highest BCUT2D eigenvalue weighted by atomic mass is 16.4. The minimum absolute atomic E-state index is 0. The Balaban J connectivity index is 0. The van der Waals surface area contributed by atoms with Crippen molar-refractivity contribution in [3.8, 4) is 0 Å². The number of carbonyl (C=O) groups is 1. The van der Waals surface area contributed by atoms with Gasteiger partial charge in [0.25, 0.3) is 0 Å². The number of unbranched alkanes of at least 4 members (excludes halogenated alkanes) is 8. The second-order valence-electron chi connectivity index (χ2n) is 5.10. The molecule has 0 aliphatic carbocycles. The number of nitrogens with zero attached hydrogens (tertiary/aromatic N) is 1. The van der Waals surface area contributed by atoms with Crippen molar-refractivity contribution in [2.45, 2.75) is 78.1 Å². The SMILES string of the molecule is CCCCCCCN(CCCCCCC)C(=O)O.N. The van der Waals surface area contributed by atoms with E-state index in [1.807, 2.05) is 0 Å². The molecule has 0 spiro atoms. The summed E-state index contributed by atoms with van der Waals surface area (Å²) >= 11 is 0. The van der Waals surface area contributed by atoms with Crippen LogP contribution in [0.3, 0.4) is 0 Å². The number of amides is 1. The average Bonchev–Trinajstić information content (AvgIpc) is 2.35. The van der Waals surface area contributed by atoms with E-state index in [1.165, 1.54) is 38.5 Å². The highest BCUT2D eigenvalue weighted by molar-refractivity contribution is 5.64. The Bertz CT molecular complexity index is 185. The highest BCUT2D eigenvalue weighted by Crippen LogP contribution is 2.07. The van der Waals surface area contributed by atoms with Crippen molar-refractivity contribution in [3.05, 3.63) is 0 Å². The van der Waals surface area contributed by atoms with Crippen LogP contribution in [0.4, 0.5) is 4.79 Å². The minimum atomic E-state index is -0.749. The summed E-state index contributed by atoms with van der Waals surface area (Å²) in [6.07, 6.45) is 11.1. The quantitative estimate of drug-likeness (QED) is 0.488. The van der Waals surface area contributed by atoms with Gasteiger partial charge in [-0.2, -0.15) is 0 Å². The van der Waals surface area contributed by atoms with Gasteiger partial charge in [0.15, 0.2) is 0 Å². The lowest BCUT2D eigenvalue weighted by Crippen LogP contribution is -2.31. The van der Waals surface area contributed by atoms with E-state index >= 15 is 0 Å². The molecular formula is C15H34N2O2. The molecule has 19 heavy (non-hydrogen) atoms. The van der Waals surface area contributed by atoms with Crippen LogP contribution in [-0.2, 0) is 0 Å². The van der Waals surface area contributed by atoms with Crippen LogP contribution in [-0.4, -0.2) is 29.2 Å². The van der Waals surface area contributed by atoms with Gasteiger partial charge >= 0.3 is 6.09 Å². The molecule has 0 aliphatic rings. The van der Waals surface area contributed by atoms with Crippen LogP contribution < -0.4 is 6.15 Å². The third kappa shape index (κ3) is 13.5. The van der Waals surface area contributed by atoms with Crippen LogP contribution in [0.1, 0.15) is 78.1 Å². The number of hydrogen-bond acceptors (Lipinski definition) is 2. The second kappa shape index (κ2) is 15.3. The zero-order valence-electron chi connectivity index (χ0n) is 13.0. The molecule has 116 valence electrons. The summed E-state index contributed by atoms with van der Waals surface area (Å²) in [7, 11) is 0. The third-order valence-electron chi connectivity index (χ3n) is 3.33. The van der Waals surface area contributed by atoms with Gasteiger partial charge in [-0.1, -0.05) is 65.2 Å². The van der Waals surface area contributed by atoms with Crippen LogP contribution in [0, 0.1) is 0 Å². The fourth-order valence-corrected chi connectivity index (χ4v) is 2.12. The summed E-state index contributed by atoms with van der Waals surface area (Å²) in [5.74, 6) is 0. The van der Waals surface area contributed by atoms with Crippen LogP contribution >= 0.6 is 0 Å². The highest BCUT2D eigenvalue weighted by Gasteiger charge is 2.09. The van der Waals surface area contributed by atoms with Gasteiger partial charge < -0.3 is 16.2 Å². The molecule has 1 amide bonds. The summed E-state index contributed by atoms with van der Waals surface area (Å²) in [5.41, 5.74) is 0. The predicted octanol–water partition coefficient (Wildman–Crippen LogP) is 5.07. The molecule has 0 aromatic carbocycles. The zero-order valence-corrected chi connectivity index (χ0v) is 13.0. The van der Waals surface area contributed by atoms with E-state index in [1.54, 1.807) is 4.90 Å². The Kier molecular flexibility index (Phi) is 16.5. The Morgan fingerprint density at radius 2 is 1.16 bits per heavy atom. The summed E-state index contributed by atoms with van der Waals surface area (Å²) in [4.78, 5) is 12.7. The van der Waals surface area contributed by atoms with Crippen molar-refractivity contribution in [2.24, 2.45) is 0 Å². The molecule has 0 saturated carbocycles. The van der Waals surface area contributed by atoms with E-state index in [2.05, 4.69) is 13.8 Å². The van der Waals surface area contributed by atoms with E-state index in [9.17, 15) is 4.79 Å². The average molecular weight is 274 g/mol. The molecule has 0 bridgehead atoms. The first-order chi connectivity index (χ1) is 8.72. The maximum Gasteiger partial charge on any atom is 0.407 e. The molecule has 0 heterocycles. The van der Waals surface area contributed by atoms with Crippen LogP contribution in [0.5, 0.6) is 0 Å². The van der Waals surface area contributed by atoms with Gasteiger partial charge in [-0.25, -0.2) is 4.79 Å². The first-order valence-corrected chi connectivity index (χ1v) is 7.70. The summed E-state index contributed by atoms with van der Waals surface area (Å²) in [6.45, 7) is 5.82. The Morgan fingerprint density at radius 3 is 1.47 bits per heavy atom. The van der Waals surface area contributed by atoms with E-state index < -0.39 is 6.09 Å². The van der Waals surface area contributed by atoms with Crippen molar-refractivity contribution < 1.29 is 9.90 Å². The molecule has 4 heteroatoms. The van der Waals surface area contributed by atoms with Gasteiger partial charge in [-0.15, -0.1) is 0 Å². The lowest BCUT2D eigenvalue weighted by molar-refractivity contribution is 0.143. The van der Waals surface area contributed by atoms with Gasteiger partial charge in [0, 0.05) is 13.1 Å². The van der Waals surface area contributed by atoms with Crippen molar-refractivity contribution in [1.82, 2.24) is 11.1 Å². The monoisotopic (exact) mass is 274 g/mol. The number of rotatable bonds is 12. The Hall–Kier alpha value is -0.770. The molecule has 0 rings (SSSR count). The third-order valence-corrected chi connectivity index (χ3v) is 3.33. The molecule has 0 fully saturated rings. The molecule has 0 aromatic rings. The summed E-state index contributed by atoms with van der Waals surface area (Å²) < 4.78 is 0. The van der Waals surface area contributed by atoms with Crippen LogP contribution in [0.2, 0.25) is 0 Å². The fourth-order valence-electron chi connectivity index (χ4n) is 2.12. The molecular weight excluding hydrogens is 240 g/mol. The first-order valence-electron chi connectivity index (χ1n) is 7.70. The molecule has 4 N–H and O–H groups in total. The summed E-state index contributed by atoms with van der Waals surface area (Å²) in [6, 6.07) is 0. The van der Waals surface area contributed by atoms with Gasteiger partial charge in [0.1, 0.15) is 0 Å². The Labute approximate surface area is 119 Å². The maximum atomic E-state index is 11.1. The number of carboxylic acid groups (broad SMARTS) is 1. The lowest BCUT2D eigenvalue weighted by Gasteiger charge is -2.19. The first kappa shape index (κ1) is 20.5. The van der Waals surface area contributed by atoms with E-state index in [0.717, 1.165) is 25.7 Å². The standard InChI is InChI=1S/C15H31NO2.H3N/c1-3-5-7-9-11-13-16(15(17)18)14-12-10-8-6-4-2;/h3-14H2,1-2H3,(H,17,18);1H3. The van der Waals surface area contributed by atoms with Gasteiger partial charge in [-0.05, 0) is 12.8 Å². The molecule has 4 nitrogen and oxygen atoms in total. The Morgan fingerprint density at radius 1 is 0.789 bits per heavy atom. The zero-order chi connectivity index (χ0) is 13.6. The van der Waals surface area contributed by atoms with Gasteiger partial charge in [0.05, 0.1) is 0 Å². The largest absolute Gasteiger partial charge is 0.465 e. The summed E-state index contributed by atoms with van der Waals surface area (Å²) in [5, 5.41) is 9.10. The predicted molar refractivity (Wildman–Crippen MR) is 82.1 cm³/mol. The van der Waals surface area contributed by atoms with E-state index in [4.69, 9.17) is 5.11 Å². The van der Waals surface area contributed by atoms with Crippen molar-refractivity contribution >= 4 is 6.09 Å². The van der Waals surface area contributed by atoms with Crippen LogP contribution in [0.15, 0.2) is 0 Å². The van der Waals surface area contributed by atoms with Crippen LogP contribution in [0.25, 0.3) is 0 Å². The van der Waals surface area contributed by atoms with Crippen molar-refractivity contribution in [1.29, 1.82) is 0 Å². The lowest BCUT2D eigenvalue weighted by atomic mass is 10.1. The molecule has 0 aromatic heterocycles. The molecule has 0 atom stereocenters. The topological polar surface area (TPSA) is 75.5 Å². The second-order valence-corrected chi connectivity index (χ2v) is 5.10. The van der Waals surface area contributed by atoms with Crippen molar-refractivity contribution in [3.63, 3.8) is 0 Å². The van der Waals surface area contributed by atoms with E-state index in [-0.39, 0.29) is 6.15 Å². The smallest absolute Gasteiger partial charge is 0.407 e. The molecule has 0 unspecified atom stereocenters. The maximum absolute atomic E-state index is 11.1. The fraction of sp³-hybridized carbons (Fsp3) is 0.933. The van der Waals surface area contributed by atoms with Gasteiger partial charge in [-0.3, -0.25) is 0 Å². The van der Waals surface area contributed by atoms with E-state index in [0.29, 0.717) is 13.1 Å². The number of hydrogen-bond donors (Lipinski definition) is 2. The minimum Gasteiger partial charge on any atom is -0.465 e. The molecule has 0 radical (unpaired) electrons. The normalized spacial score (nSPS) is 10.0.